The van der Waals surface area contributed by atoms with Gasteiger partial charge in [-0.15, -0.1) is 24.2 Å². The maximum absolute atomic E-state index is 12.8. The third-order valence-electron chi connectivity index (χ3n) is 4.70. The van der Waals surface area contributed by atoms with Crippen LogP contribution in [-0.2, 0) is 17.7 Å². The van der Waals surface area contributed by atoms with Crippen LogP contribution in [0.3, 0.4) is 0 Å². The summed E-state index contributed by atoms with van der Waals surface area (Å²) in [7, 11) is 0. The minimum absolute atomic E-state index is 0.0212. The Bertz CT molecular complexity index is 877. The maximum Gasteiger partial charge on any atom is 0.410 e. The summed E-state index contributed by atoms with van der Waals surface area (Å²) < 4.78 is 5.47. The number of thiophene rings is 1. The number of hydrogen-bond donors (Lipinski definition) is 1. The average molecular weight is 475 g/mol. The second-order valence-corrected chi connectivity index (χ2v) is 10.4. The lowest BCUT2D eigenvalue weighted by Gasteiger charge is -2.30. The fraction of sp³-hybridized carbons (Fsp3) is 0.556. The molecule has 0 spiro atoms. The summed E-state index contributed by atoms with van der Waals surface area (Å²) >= 11 is 1.53. The molecule has 1 aromatic heterocycles. The van der Waals surface area contributed by atoms with Gasteiger partial charge < -0.3 is 15.0 Å². The summed E-state index contributed by atoms with van der Waals surface area (Å²) in [5.74, 6) is -0.0914. The highest BCUT2D eigenvalue weighted by atomic mass is 32.1. The molecule has 0 aromatic carbocycles. The van der Waals surface area contributed by atoms with Crippen molar-refractivity contribution < 1.29 is 14.3 Å². The predicted molar refractivity (Wildman–Crippen MR) is 140 cm³/mol. The molecule has 33 heavy (non-hydrogen) atoms. The van der Waals surface area contributed by atoms with Gasteiger partial charge in [-0.3, -0.25) is 4.79 Å². The van der Waals surface area contributed by atoms with E-state index in [2.05, 4.69) is 45.0 Å². The highest BCUT2D eigenvalue weighted by molar-refractivity contribution is 7.10. The van der Waals surface area contributed by atoms with Crippen LogP contribution in [-0.4, -0.2) is 29.0 Å². The lowest BCUT2D eigenvalue weighted by atomic mass is 9.86. The summed E-state index contributed by atoms with van der Waals surface area (Å²) in [5, 5.41) is 4.91. The van der Waals surface area contributed by atoms with Crippen molar-refractivity contribution in [1.82, 2.24) is 10.2 Å². The molecule has 2 amide bonds. The largest absolute Gasteiger partial charge is 0.444 e. The van der Waals surface area contributed by atoms with Gasteiger partial charge >= 0.3 is 6.09 Å². The minimum atomic E-state index is -0.513. The number of terminal acetylenes is 1. The average Bonchev–Trinajstić information content (AvgIpc) is 3.16. The van der Waals surface area contributed by atoms with E-state index in [1.165, 1.54) is 16.9 Å². The maximum atomic E-state index is 12.8. The van der Waals surface area contributed by atoms with E-state index in [0.717, 1.165) is 16.1 Å². The number of rotatable bonds is 3. The van der Waals surface area contributed by atoms with E-state index in [1.54, 1.807) is 4.90 Å². The Balaban J connectivity index is 0.00000242. The number of allylic oxidation sites excluding steroid dienone is 4. The molecule has 0 unspecified atom stereocenters. The Morgan fingerprint density at radius 1 is 1.15 bits per heavy atom. The van der Waals surface area contributed by atoms with Gasteiger partial charge in [-0.1, -0.05) is 40.7 Å². The summed E-state index contributed by atoms with van der Waals surface area (Å²) in [4.78, 5) is 27.9. The van der Waals surface area contributed by atoms with Gasteiger partial charge in [0.1, 0.15) is 5.60 Å². The van der Waals surface area contributed by atoms with Gasteiger partial charge in [-0.2, -0.15) is 0 Å². The zero-order valence-electron chi connectivity index (χ0n) is 22.1. The molecule has 0 atom stereocenters. The number of carbonyl (C=O) groups excluding carboxylic acids is 2. The molecule has 1 aliphatic heterocycles. The Morgan fingerprint density at radius 3 is 2.21 bits per heavy atom. The molecule has 2 rings (SSSR count). The number of fused-ring (bicyclic) bond motifs is 1. The molecule has 1 N–H and O–H groups in total. The molecule has 0 radical (unpaired) electrons. The third kappa shape index (κ3) is 9.47. The van der Waals surface area contributed by atoms with E-state index in [4.69, 9.17) is 4.74 Å². The van der Waals surface area contributed by atoms with Crippen LogP contribution < -0.4 is 5.32 Å². The van der Waals surface area contributed by atoms with Crippen LogP contribution in [0.1, 0.15) is 90.0 Å². The molecule has 0 saturated carbocycles. The Kier molecular flexibility index (Phi) is 12.2. The molecule has 0 aliphatic carbocycles. The normalized spacial score (nSPS) is 14.1. The predicted octanol–water partition coefficient (Wildman–Crippen LogP) is 6.94. The molecule has 2 heterocycles. The Hall–Kier alpha value is -2.52. The van der Waals surface area contributed by atoms with Gasteiger partial charge in [-0.05, 0) is 63.7 Å². The summed E-state index contributed by atoms with van der Waals surface area (Å²) in [6.45, 7) is 21.0. The smallest absolute Gasteiger partial charge is 0.410 e. The second kappa shape index (κ2) is 13.3. The molecule has 5 nitrogen and oxygen atoms in total. The van der Waals surface area contributed by atoms with E-state index in [9.17, 15) is 9.59 Å². The van der Waals surface area contributed by atoms with Gasteiger partial charge in [0.2, 0.25) is 0 Å². The van der Waals surface area contributed by atoms with Crippen LogP contribution in [0.4, 0.5) is 4.79 Å². The van der Waals surface area contributed by atoms with E-state index >= 15 is 0 Å². The van der Waals surface area contributed by atoms with Gasteiger partial charge in [-0.25, -0.2) is 4.79 Å². The van der Waals surface area contributed by atoms with Crippen molar-refractivity contribution in [2.24, 2.45) is 5.41 Å². The van der Waals surface area contributed by atoms with Crippen LogP contribution in [0.25, 0.3) is 0 Å². The molecule has 0 fully saturated rings. The van der Waals surface area contributed by atoms with Crippen molar-refractivity contribution in [3.05, 3.63) is 44.8 Å². The van der Waals surface area contributed by atoms with Crippen molar-refractivity contribution >= 4 is 23.3 Å². The van der Waals surface area contributed by atoms with E-state index in [1.807, 2.05) is 59.9 Å². The van der Waals surface area contributed by atoms with Crippen molar-refractivity contribution in [3.8, 4) is 12.8 Å². The van der Waals surface area contributed by atoms with Crippen LogP contribution in [0.2, 0.25) is 0 Å². The first-order valence-corrected chi connectivity index (χ1v) is 12.3. The van der Waals surface area contributed by atoms with Crippen molar-refractivity contribution in [3.63, 3.8) is 0 Å². The van der Waals surface area contributed by atoms with Crippen molar-refractivity contribution in [2.75, 3.05) is 6.54 Å². The zero-order chi connectivity index (χ0) is 26.0. The van der Waals surface area contributed by atoms with Gasteiger partial charge in [0.25, 0.3) is 5.91 Å². The molecule has 1 aliphatic rings. The molecular formula is C27H42N2O3S. The number of nitrogens with one attached hydrogen (secondary N) is 1. The highest BCUT2D eigenvalue weighted by Crippen LogP contribution is 2.30. The summed E-state index contributed by atoms with van der Waals surface area (Å²) in [6, 6.07) is 0. The number of ether oxygens (including phenoxy) is 1. The SMILES string of the molecule is C#C.C/C=C(\C=C(/C)NC(=O)c1csc2c1CCN(C(=O)OC(C)(C)C)C2)C(C)(C)C.CC. The fourth-order valence-electron chi connectivity index (χ4n) is 3.25. The lowest BCUT2D eigenvalue weighted by molar-refractivity contribution is 0.0226. The number of nitrogens with zero attached hydrogens (tertiary/aromatic N) is 1. The van der Waals surface area contributed by atoms with Crippen LogP contribution in [0.5, 0.6) is 0 Å². The highest BCUT2D eigenvalue weighted by Gasteiger charge is 2.29. The second-order valence-electron chi connectivity index (χ2n) is 9.48. The molecule has 1 aromatic rings. The van der Waals surface area contributed by atoms with Crippen LogP contribution in [0.15, 0.2) is 28.8 Å². The first-order valence-electron chi connectivity index (χ1n) is 11.4. The zero-order valence-corrected chi connectivity index (χ0v) is 22.9. The van der Waals surface area contributed by atoms with E-state index < -0.39 is 5.60 Å². The fourth-order valence-corrected chi connectivity index (χ4v) is 4.34. The standard InChI is InChI=1S/C23H34N2O3S.C2H6.C2H2/c1-9-16(22(3,4)5)12-15(2)24-20(26)18-14-29-19-13-25(11-10-17(18)19)21(27)28-23(6,7)8;2*1-2/h9,12,14H,10-11,13H2,1-8H3,(H,24,26);1-2H3;1-2H/b15-12+,16-9+;;. The summed E-state index contributed by atoms with van der Waals surface area (Å²) in [6.07, 6.45) is 12.5. The van der Waals surface area contributed by atoms with Gasteiger partial charge in [0.15, 0.2) is 0 Å². The topological polar surface area (TPSA) is 58.6 Å². The molecule has 0 bridgehead atoms. The molecule has 6 heteroatoms. The number of amides is 2. The number of carbonyl (C=O) groups is 2. The molecule has 184 valence electrons. The quantitative estimate of drug-likeness (QED) is 0.381. The van der Waals surface area contributed by atoms with Crippen molar-refractivity contribution in [2.45, 2.75) is 87.8 Å². The van der Waals surface area contributed by atoms with Crippen LogP contribution >= 0.6 is 11.3 Å². The first-order chi connectivity index (χ1) is 15.3. The van der Waals surface area contributed by atoms with E-state index in [0.29, 0.717) is 25.1 Å². The third-order valence-corrected chi connectivity index (χ3v) is 5.72. The van der Waals surface area contributed by atoms with Gasteiger partial charge in [0.05, 0.1) is 12.1 Å². The van der Waals surface area contributed by atoms with E-state index in [-0.39, 0.29) is 17.4 Å². The lowest BCUT2D eigenvalue weighted by Crippen LogP contribution is -2.39. The Morgan fingerprint density at radius 2 is 1.73 bits per heavy atom. The monoisotopic (exact) mass is 474 g/mol. The molecular weight excluding hydrogens is 432 g/mol. The number of hydrogen-bond acceptors (Lipinski definition) is 4. The Labute approximate surface area is 205 Å². The minimum Gasteiger partial charge on any atom is -0.444 e. The van der Waals surface area contributed by atoms with Crippen molar-refractivity contribution in [1.29, 1.82) is 0 Å². The first kappa shape index (κ1) is 30.5. The van der Waals surface area contributed by atoms with Crippen LogP contribution in [0, 0.1) is 18.3 Å². The summed E-state index contributed by atoms with van der Waals surface area (Å²) in [5.41, 5.74) is 3.26. The molecule has 0 saturated heterocycles. The van der Waals surface area contributed by atoms with Gasteiger partial charge in [0, 0.05) is 22.5 Å².